The maximum atomic E-state index is 13.6. The summed E-state index contributed by atoms with van der Waals surface area (Å²) in [5, 5.41) is 20.4. The van der Waals surface area contributed by atoms with Crippen molar-refractivity contribution in [3.63, 3.8) is 0 Å². The normalized spacial score (nSPS) is 21.7. The molecule has 2 atom stereocenters. The molecule has 0 saturated carbocycles. The zero-order valence-corrected chi connectivity index (χ0v) is 15.8. The number of carbonyl (C=O) groups is 2. The van der Waals surface area contributed by atoms with Crippen LogP contribution in [-0.2, 0) is 11.2 Å². The lowest BCUT2D eigenvalue weighted by atomic mass is 9.72. The number of aliphatic hydroxyl groups is 1. The summed E-state index contributed by atoms with van der Waals surface area (Å²) in [5.74, 6) is -3.01. The third-order valence-corrected chi connectivity index (χ3v) is 5.30. The number of aliphatic hydroxyl groups excluding tert-OH is 1. The van der Waals surface area contributed by atoms with Crippen molar-refractivity contribution in [1.82, 2.24) is 4.90 Å². The van der Waals surface area contributed by atoms with E-state index in [0.717, 1.165) is 6.07 Å². The Morgan fingerprint density at radius 3 is 2.66 bits per heavy atom. The third-order valence-electron chi connectivity index (χ3n) is 5.30. The molecule has 0 radical (unpaired) electrons. The fourth-order valence-electron chi connectivity index (χ4n) is 3.70. The number of methoxy groups -OCH3 is 1. The molecule has 1 fully saturated rings. The first kappa shape index (κ1) is 20.7. The molecule has 1 aliphatic heterocycles. The van der Waals surface area contributed by atoms with Crippen molar-refractivity contribution in [1.29, 1.82) is 0 Å². The van der Waals surface area contributed by atoms with Gasteiger partial charge < -0.3 is 19.8 Å². The van der Waals surface area contributed by atoms with Gasteiger partial charge in [0.1, 0.15) is 11.2 Å². The van der Waals surface area contributed by atoms with E-state index in [1.807, 2.05) is 0 Å². The molecule has 2 aromatic rings. The van der Waals surface area contributed by atoms with Crippen molar-refractivity contribution < 1.29 is 33.3 Å². The molecule has 154 valence electrons. The Morgan fingerprint density at radius 1 is 1.24 bits per heavy atom. The highest BCUT2D eigenvalue weighted by atomic mass is 19.1. The van der Waals surface area contributed by atoms with Crippen LogP contribution in [0.15, 0.2) is 42.5 Å². The van der Waals surface area contributed by atoms with Gasteiger partial charge in [0.2, 0.25) is 0 Å². The van der Waals surface area contributed by atoms with Gasteiger partial charge in [-0.3, -0.25) is 9.59 Å². The Morgan fingerprint density at radius 2 is 2.00 bits per heavy atom. The van der Waals surface area contributed by atoms with Crippen molar-refractivity contribution in [2.45, 2.75) is 18.9 Å². The number of ether oxygens (including phenoxy) is 1. The van der Waals surface area contributed by atoms with E-state index in [9.17, 15) is 28.6 Å². The number of piperidine rings is 1. The standard InChI is InChI=1S/C21H21F2NO5/c1-29-17-10-14(5-6-16(17)23)19(26)24-8-7-18(25)21(12-24,20(27)28)11-13-3-2-4-15(22)9-13/h2-6,9-10,18,25H,7-8,11-12H2,1H3,(H,27,28)/t18-,21+/m0/s1. The highest BCUT2D eigenvalue weighted by Gasteiger charge is 2.50. The number of rotatable bonds is 5. The summed E-state index contributed by atoms with van der Waals surface area (Å²) in [7, 11) is 1.28. The van der Waals surface area contributed by atoms with Gasteiger partial charge in [0.05, 0.1) is 13.2 Å². The zero-order valence-electron chi connectivity index (χ0n) is 15.8. The van der Waals surface area contributed by atoms with Crippen LogP contribution in [0.5, 0.6) is 5.75 Å². The van der Waals surface area contributed by atoms with Crippen LogP contribution in [-0.4, -0.2) is 53.3 Å². The van der Waals surface area contributed by atoms with E-state index in [0.29, 0.717) is 5.56 Å². The molecule has 8 heteroatoms. The minimum absolute atomic E-state index is 0.0473. The molecule has 2 aromatic carbocycles. The Kier molecular flexibility index (Phi) is 5.83. The van der Waals surface area contributed by atoms with Gasteiger partial charge in [0, 0.05) is 18.7 Å². The van der Waals surface area contributed by atoms with E-state index in [-0.39, 0.29) is 37.2 Å². The van der Waals surface area contributed by atoms with Crippen LogP contribution in [0.2, 0.25) is 0 Å². The molecule has 0 aromatic heterocycles. The summed E-state index contributed by atoms with van der Waals surface area (Å²) in [6.07, 6.45) is -1.31. The molecular weight excluding hydrogens is 384 g/mol. The molecule has 0 unspecified atom stereocenters. The predicted molar refractivity (Wildman–Crippen MR) is 99.7 cm³/mol. The smallest absolute Gasteiger partial charge is 0.314 e. The molecule has 1 aliphatic rings. The molecular formula is C21H21F2NO5. The summed E-state index contributed by atoms with van der Waals surface area (Å²) < 4.78 is 32.1. The van der Waals surface area contributed by atoms with Gasteiger partial charge in [-0.1, -0.05) is 12.1 Å². The average molecular weight is 405 g/mol. The van der Waals surface area contributed by atoms with E-state index >= 15 is 0 Å². The molecule has 2 N–H and O–H groups in total. The SMILES string of the molecule is COc1cc(C(=O)N2CC[C@H](O)[C@](Cc3cccc(F)c3)(C(=O)O)C2)ccc1F. The maximum Gasteiger partial charge on any atom is 0.314 e. The van der Waals surface area contributed by atoms with Crippen LogP contribution in [0.1, 0.15) is 22.3 Å². The molecule has 29 heavy (non-hydrogen) atoms. The summed E-state index contributed by atoms with van der Waals surface area (Å²) in [6.45, 7) is -0.129. The average Bonchev–Trinajstić information content (AvgIpc) is 2.69. The van der Waals surface area contributed by atoms with Gasteiger partial charge in [-0.05, 0) is 48.7 Å². The topological polar surface area (TPSA) is 87.1 Å². The minimum atomic E-state index is -1.69. The van der Waals surface area contributed by atoms with Crippen molar-refractivity contribution >= 4 is 11.9 Å². The van der Waals surface area contributed by atoms with Gasteiger partial charge in [-0.15, -0.1) is 0 Å². The number of aliphatic carboxylic acids is 1. The Balaban J connectivity index is 1.91. The third kappa shape index (κ3) is 4.07. The number of nitrogens with zero attached hydrogens (tertiary/aromatic N) is 1. The fourth-order valence-corrected chi connectivity index (χ4v) is 3.70. The highest BCUT2D eigenvalue weighted by molar-refractivity contribution is 5.95. The van der Waals surface area contributed by atoms with E-state index in [2.05, 4.69) is 0 Å². The maximum absolute atomic E-state index is 13.6. The first-order valence-electron chi connectivity index (χ1n) is 9.05. The Labute approximate surface area is 166 Å². The van der Waals surface area contributed by atoms with Crippen LogP contribution in [0.4, 0.5) is 8.78 Å². The van der Waals surface area contributed by atoms with Crippen molar-refractivity contribution in [2.75, 3.05) is 20.2 Å². The molecule has 1 saturated heterocycles. The second-order valence-corrected chi connectivity index (χ2v) is 7.15. The van der Waals surface area contributed by atoms with Crippen LogP contribution >= 0.6 is 0 Å². The van der Waals surface area contributed by atoms with Gasteiger partial charge in [0.15, 0.2) is 11.6 Å². The van der Waals surface area contributed by atoms with E-state index in [1.54, 1.807) is 6.07 Å². The first-order valence-corrected chi connectivity index (χ1v) is 9.05. The van der Waals surface area contributed by atoms with E-state index in [4.69, 9.17) is 4.74 Å². The van der Waals surface area contributed by atoms with Crippen molar-refractivity contribution in [3.8, 4) is 5.75 Å². The Hall–Kier alpha value is -3.00. The summed E-state index contributed by atoms with van der Waals surface area (Å²) in [6, 6.07) is 9.13. The number of halogens is 2. The lowest BCUT2D eigenvalue weighted by Gasteiger charge is -2.43. The molecule has 3 rings (SSSR count). The number of likely N-dealkylation sites (tertiary alicyclic amines) is 1. The number of carbonyl (C=O) groups excluding carboxylic acids is 1. The number of carboxylic acids is 1. The number of carboxylic acid groups (broad SMARTS) is 1. The first-order chi connectivity index (χ1) is 13.8. The molecule has 1 heterocycles. The number of amides is 1. The van der Waals surface area contributed by atoms with E-state index in [1.165, 1.54) is 42.3 Å². The largest absolute Gasteiger partial charge is 0.494 e. The van der Waals surface area contributed by atoms with Crippen LogP contribution in [0.3, 0.4) is 0 Å². The van der Waals surface area contributed by atoms with Crippen LogP contribution in [0, 0.1) is 17.0 Å². The van der Waals surface area contributed by atoms with Gasteiger partial charge in [-0.2, -0.15) is 0 Å². The zero-order chi connectivity index (χ0) is 21.2. The summed E-state index contributed by atoms with van der Waals surface area (Å²) in [5.41, 5.74) is -1.14. The van der Waals surface area contributed by atoms with Gasteiger partial charge >= 0.3 is 5.97 Å². The molecule has 1 amide bonds. The number of benzene rings is 2. The number of hydrogen-bond donors (Lipinski definition) is 2. The van der Waals surface area contributed by atoms with Gasteiger partial charge in [0.25, 0.3) is 5.91 Å². The second kappa shape index (κ2) is 8.16. The van der Waals surface area contributed by atoms with Crippen LogP contribution < -0.4 is 4.74 Å². The molecule has 0 bridgehead atoms. The summed E-state index contributed by atoms with van der Waals surface area (Å²) in [4.78, 5) is 26.4. The summed E-state index contributed by atoms with van der Waals surface area (Å²) >= 11 is 0. The molecule has 6 nitrogen and oxygen atoms in total. The lowest BCUT2D eigenvalue weighted by Crippen LogP contribution is -2.58. The van der Waals surface area contributed by atoms with Gasteiger partial charge in [-0.25, -0.2) is 8.78 Å². The lowest BCUT2D eigenvalue weighted by molar-refractivity contribution is -0.161. The molecule has 0 spiro atoms. The predicted octanol–water partition coefficient (Wildman–Crippen LogP) is 2.49. The second-order valence-electron chi connectivity index (χ2n) is 7.15. The minimum Gasteiger partial charge on any atom is -0.494 e. The van der Waals surface area contributed by atoms with Crippen LogP contribution in [0.25, 0.3) is 0 Å². The monoisotopic (exact) mass is 405 g/mol. The van der Waals surface area contributed by atoms with Crippen molar-refractivity contribution in [3.05, 3.63) is 65.2 Å². The quantitative estimate of drug-likeness (QED) is 0.798. The van der Waals surface area contributed by atoms with E-state index < -0.39 is 35.0 Å². The number of hydrogen-bond acceptors (Lipinski definition) is 4. The van der Waals surface area contributed by atoms with Crippen molar-refractivity contribution in [2.24, 2.45) is 5.41 Å². The highest BCUT2D eigenvalue weighted by Crippen LogP contribution is 2.35. The molecule has 0 aliphatic carbocycles. The Bertz CT molecular complexity index is 935. The fraction of sp³-hybridized carbons (Fsp3) is 0.333.